The zero-order chi connectivity index (χ0) is 17.8. The fourth-order valence-electron chi connectivity index (χ4n) is 3.78. The predicted molar refractivity (Wildman–Crippen MR) is 103 cm³/mol. The van der Waals surface area contributed by atoms with Crippen LogP contribution in [0.5, 0.6) is 0 Å². The van der Waals surface area contributed by atoms with Gasteiger partial charge in [0.1, 0.15) is 0 Å². The number of nitrogens with one attached hydrogen (secondary N) is 1. The highest BCUT2D eigenvalue weighted by atomic mass is 16.2. The Morgan fingerprint density at radius 3 is 2.36 bits per heavy atom. The first-order valence-corrected chi connectivity index (χ1v) is 8.47. The zero-order valence-corrected chi connectivity index (χ0v) is 14.9. The van der Waals surface area contributed by atoms with E-state index in [1.165, 1.54) is 0 Å². The predicted octanol–water partition coefficient (Wildman–Crippen LogP) is 4.29. The van der Waals surface area contributed by atoms with Crippen LogP contribution in [0.25, 0.3) is 5.57 Å². The summed E-state index contributed by atoms with van der Waals surface area (Å²) in [6.07, 6.45) is 2.00. The minimum Gasteiger partial charge on any atom is -0.363 e. The molecule has 2 aliphatic heterocycles. The van der Waals surface area contributed by atoms with Crippen LogP contribution >= 0.6 is 0 Å². The second kappa shape index (κ2) is 5.31. The molecule has 1 spiro atoms. The number of allylic oxidation sites excluding steroid dienone is 1. The molecule has 4 rings (SSSR count). The highest BCUT2D eigenvalue weighted by molar-refractivity contribution is 6.27. The molecule has 1 amide bonds. The van der Waals surface area contributed by atoms with Crippen LogP contribution in [0, 0.1) is 13.8 Å². The first-order chi connectivity index (χ1) is 11.9. The molecule has 126 valence electrons. The molecule has 0 fully saturated rings. The standard InChI is InChI=1S/C21H21N3O/c1-13-8-7-9-14(2)19(13)24-20(25)21(16(4)23-24)12-15(3)17-10-5-6-11-18(17)22-21/h5-12,22H,1-4H3. The van der Waals surface area contributed by atoms with E-state index in [0.717, 1.165) is 39.3 Å². The quantitative estimate of drug-likeness (QED) is 0.847. The number of benzene rings is 2. The summed E-state index contributed by atoms with van der Waals surface area (Å²) in [5, 5.41) is 9.64. The van der Waals surface area contributed by atoms with Gasteiger partial charge in [0.2, 0.25) is 0 Å². The minimum atomic E-state index is -0.910. The van der Waals surface area contributed by atoms with E-state index in [1.807, 2.05) is 70.2 Å². The third-order valence-electron chi connectivity index (χ3n) is 5.12. The second-order valence-corrected chi connectivity index (χ2v) is 6.85. The average molecular weight is 331 g/mol. The molecule has 25 heavy (non-hydrogen) atoms. The Labute approximate surface area is 147 Å². The molecule has 4 nitrogen and oxygen atoms in total. The third kappa shape index (κ3) is 2.14. The van der Waals surface area contributed by atoms with Crippen LogP contribution in [0.1, 0.15) is 30.5 Å². The van der Waals surface area contributed by atoms with E-state index in [9.17, 15) is 4.79 Å². The van der Waals surface area contributed by atoms with Gasteiger partial charge in [-0.15, -0.1) is 0 Å². The highest BCUT2D eigenvalue weighted by Crippen LogP contribution is 2.40. The maximum atomic E-state index is 13.5. The molecule has 1 N–H and O–H groups in total. The van der Waals surface area contributed by atoms with Crippen LogP contribution < -0.4 is 10.3 Å². The van der Waals surface area contributed by atoms with Crippen molar-refractivity contribution in [3.63, 3.8) is 0 Å². The first-order valence-electron chi connectivity index (χ1n) is 8.47. The summed E-state index contributed by atoms with van der Waals surface area (Å²) < 4.78 is 0. The Kier molecular flexibility index (Phi) is 3.32. The smallest absolute Gasteiger partial charge is 0.283 e. The van der Waals surface area contributed by atoms with Gasteiger partial charge in [0.05, 0.1) is 11.4 Å². The highest BCUT2D eigenvalue weighted by Gasteiger charge is 2.50. The van der Waals surface area contributed by atoms with E-state index in [2.05, 4.69) is 16.5 Å². The summed E-state index contributed by atoms with van der Waals surface area (Å²) >= 11 is 0. The number of hydrogen-bond acceptors (Lipinski definition) is 3. The van der Waals surface area contributed by atoms with Crippen molar-refractivity contribution in [1.82, 2.24) is 0 Å². The molecule has 0 saturated carbocycles. The number of hydrazone groups is 1. The lowest BCUT2D eigenvalue weighted by molar-refractivity contribution is -0.119. The van der Waals surface area contributed by atoms with Crippen molar-refractivity contribution in [2.45, 2.75) is 33.2 Å². The molecule has 1 unspecified atom stereocenters. The van der Waals surface area contributed by atoms with Gasteiger partial charge in [0.15, 0.2) is 5.54 Å². The van der Waals surface area contributed by atoms with Crippen LogP contribution in [-0.2, 0) is 4.79 Å². The fraction of sp³-hybridized carbons (Fsp3) is 0.238. The third-order valence-corrected chi connectivity index (χ3v) is 5.12. The van der Waals surface area contributed by atoms with Gasteiger partial charge in [-0.25, -0.2) is 0 Å². The topological polar surface area (TPSA) is 44.7 Å². The van der Waals surface area contributed by atoms with Crippen LogP contribution in [0.2, 0.25) is 0 Å². The van der Waals surface area contributed by atoms with Crippen molar-refractivity contribution < 1.29 is 4.79 Å². The zero-order valence-electron chi connectivity index (χ0n) is 14.9. The molecule has 0 radical (unpaired) electrons. The Morgan fingerprint density at radius 2 is 1.64 bits per heavy atom. The minimum absolute atomic E-state index is 0.0590. The summed E-state index contributed by atoms with van der Waals surface area (Å²) in [5.41, 5.74) is 5.98. The molecule has 2 aromatic carbocycles. The molecular weight excluding hydrogens is 310 g/mol. The summed E-state index contributed by atoms with van der Waals surface area (Å²) in [6, 6.07) is 14.1. The monoisotopic (exact) mass is 331 g/mol. The lowest BCUT2D eigenvalue weighted by Crippen LogP contribution is -2.52. The largest absolute Gasteiger partial charge is 0.363 e. The summed E-state index contributed by atoms with van der Waals surface area (Å²) in [6.45, 7) is 7.98. The Hall–Kier alpha value is -2.88. The number of fused-ring (bicyclic) bond motifs is 1. The molecule has 2 heterocycles. The van der Waals surface area contributed by atoms with Crippen molar-refractivity contribution in [2.75, 3.05) is 10.3 Å². The van der Waals surface area contributed by atoms with E-state index in [4.69, 9.17) is 0 Å². The van der Waals surface area contributed by atoms with Gasteiger partial charge in [0.25, 0.3) is 5.91 Å². The van der Waals surface area contributed by atoms with Crippen LogP contribution in [0.15, 0.2) is 53.6 Å². The lowest BCUT2D eigenvalue weighted by atomic mass is 9.85. The van der Waals surface area contributed by atoms with Gasteiger partial charge in [-0.05, 0) is 56.5 Å². The first kappa shape index (κ1) is 15.6. The molecule has 0 aliphatic carbocycles. The number of carbonyl (C=O) groups excluding carboxylic acids is 1. The van der Waals surface area contributed by atoms with Crippen molar-refractivity contribution in [1.29, 1.82) is 0 Å². The number of hydrogen-bond donors (Lipinski definition) is 1. The van der Waals surface area contributed by atoms with E-state index in [0.29, 0.717) is 0 Å². The maximum Gasteiger partial charge on any atom is 0.283 e. The summed E-state index contributed by atoms with van der Waals surface area (Å²) in [7, 11) is 0. The normalized spacial score (nSPS) is 21.8. The number of rotatable bonds is 1. The van der Waals surface area contributed by atoms with Crippen LogP contribution in [-0.4, -0.2) is 17.2 Å². The van der Waals surface area contributed by atoms with Crippen LogP contribution in [0.3, 0.4) is 0 Å². The molecule has 2 aliphatic rings. The molecule has 4 heteroatoms. The van der Waals surface area contributed by atoms with E-state index >= 15 is 0 Å². The summed E-state index contributed by atoms with van der Waals surface area (Å²) in [4.78, 5) is 13.5. The van der Waals surface area contributed by atoms with Crippen molar-refractivity contribution in [3.8, 4) is 0 Å². The van der Waals surface area contributed by atoms with E-state index in [-0.39, 0.29) is 5.91 Å². The molecular formula is C21H21N3O. The molecule has 2 aromatic rings. The van der Waals surface area contributed by atoms with Crippen molar-refractivity contribution in [3.05, 3.63) is 65.2 Å². The molecule has 0 aromatic heterocycles. The number of amides is 1. The number of carbonyl (C=O) groups is 1. The number of aryl methyl sites for hydroxylation is 2. The van der Waals surface area contributed by atoms with Gasteiger partial charge in [-0.1, -0.05) is 36.4 Å². The Balaban J connectivity index is 1.84. The molecule has 0 saturated heterocycles. The van der Waals surface area contributed by atoms with Gasteiger partial charge in [0, 0.05) is 11.3 Å². The number of nitrogens with zero attached hydrogens (tertiary/aromatic N) is 2. The molecule has 1 atom stereocenters. The second-order valence-electron chi connectivity index (χ2n) is 6.85. The maximum absolute atomic E-state index is 13.5. The fourth-order valence-corrected chi connectivity index (χ4v) is 3.78. The van der Waals surface area contributed by atoms with E-state index < -0.39 is 5.54 Å². The van der Waals surface area contributed by atoms with Crippen molar-refractivity contribution in [2.24, 2.45) is 5.10 Å². The van der Waals surface area contributed by atoms with E-state index in [1.54, 1.807) is 5.01 Å². The summed E-state index contributed by atoms with van der Waals surface area (Å²) in [5.74, 6) is -0.0590. The number of para-hydroxylation sites is 2. The van der Waals surface area contributed by atoms with Gasteiger partial charge >= 0.3 is 0 Å². The number of anilines is 2. The molecule has 0 bridgehead atoms. The Morgan fingerprint density at radius 1 is 0.960 bits per heavy atom. The van der Waals surface area contributed by atoms with Gasteiger partial charge in [-0.3, -0.25) is 4.79 Å². The Bertz CT molecular complexity index is 937. The van der Waals surface area contributed by atoms with Crippen molar-refractivity contribution >= 4 is 28.6 Å². The lowest BCUT2D eigenvalue weighted by Gasteiger charge is -2.33. The van der Waals surface area contributed by atoms with Gasteiger partial charge < -0.3 is 5.32 Å². The SMILES string of the molecule is CC1=CC2(Nc3ccccc31)C(=O)N(c1c(C)cccc1C)N=C2C. The van der Waals surface area contributed by atoms with Crippen LogP contribution in [0.4, 0.5) is 11.4 Å². The van der Waals surface area contributed by atoms with Gasteiger partial charge in [-0.2, -0.15) is 10.1 Å². The average Bonchev–Trinajstić information content (AvgIpc) is 2.80.